The second-order valence-corrected chi connectivity index (χ2v) is 4.42. The minimum Gasteiger partial charge on any atom is -0.594 e. The van der Waals surface area contributed by atoms with Crippen molar-refractivity contribution < 1.29 is 0 Å². The quantitative estimate of drug-likeness (QED) is 0.320. The maximum Gasteiger partial charge on any atom is -0.0533 e. The summed E-state index contributed by atoms with van der Waals surface area (Å²) >= 11 is 0. The van der Waals surface area contributed by atoms with Crippen molar-refractivity contribution in [3.8, 4) is 0 Å². The Kier molecular flexibility index (Phi) is 11.8. The van der Waals surface area contributed by atoms with Crippen molar-refractivity contribution in [1.29, 1.82) is 0 Å². The van der Waals surface area contributed by atoms with E-state index in [1.165, 1.54) is 57.8 Å². The Morgan fingerprint density at radius 2 is 1.31 bits per heavy atom. The lowest BCUT2D eigenvalue weighted by atomic mass is 10.1. The Morgan fingerprint density at radius 3 is 1.75 bits per heavy atom. The Bertz CT molecular complexity index is 157. The van der Waals surface area contributed by atoms with Crippen LogP contribution in [0.5, 0.6) is 0 Å². The lowest BCUT2D eigenvalue weighted by molar-refractivity contribution is 0.561. The van der Waals surface area contributed by atoms with Crippen molar-refractivity contribution in [3.05, 3.63) is 10.7 Å². The molecule has 2 N–H and O–H groups in total. The van der Waals surface area contributed by atoms with Gasteiger partial charge in [-0.2, -0.15) is 5.96 Å². The molecule has 0 saturated carbocycles. The lowest BCUT2D eigenvalue weighted by Crippen LogP contribution is -2.08. The number of nitrogens with zero attached hydrogens (tertiary/aromatic N) is 2. The fourth-order valence-corrected chi connectivity index (χ4v) is 1.79. The van der Waals surface area contributed by atoms with Crippen LogP contribution in [0, 0.1) is 0 Å². The summed E-state index contributed by atoms with van der Waals surface area (Å²) in [7, 11) is 0. The van der Waals surface area contributed by atoms with E-state index in [0.717, 1.165) is 6.42 Å². The van der Waals surface area contributed by atoms with E-state index in [-0.39, 0.29) is 5.96 Å². The molecule has 3 heteroatoms. The molecule has 0 aromatic carbocycles. The Balaban J connectivity index is 2.90. The molecule has 0 aromatic rings. The molecule has 0 spiro atoms. The molecule has 0 unspecified atom stereocenters. The lowest BCUT2D eigenvalue weighted by Gasteiger charge is -2.19. The molecule has 16 heavy (non-hydrogen) atoms. The molecule has 0 aliphatic rings. The van der Waals surface area contributed by atoms with Gasteiger partial charge < -0.3 is 16.5 Å². The average Bonchev–Trinajstić information content (AvgIpc) is 2.25. The minimum absolute atomic E-state index is 0.282. The second-order valence-electron chi connectivity index (χ2n) is 4.42. The second kappa shape index (κ2) is 12.3. The van der Waals surface area contributed by atoms with Crippen molar-refractivity contribution >= 4 is 5.96 Å². The van der Waals surface area contributed by atoms with E-state index in [2.05, 4.69) is 12.2 Å². The van der Waals surface area contributed by atoms with E-state index in [0.29, 0.717) is 6.54 Å². The van der Waals surface area contributed by atoms with Crippen LogP contribution in [0.3, 0.4) is 0 Å². The van der Waals surface area contributed by atoms with Gasteiger partial charge in [0.05, 0.1) is 0 Å². The topological polar surface area (TPSA) is 62.4 Å². The zero-order valence-electron chi connectivity index (χ0n) is 10.7. The van der Waals surface area contributed by atoms with Crippen molar-refractivity contribution in [2.45, 2.75) is 71.1 Å². The molecule has 3 nitrogen and oxygen atoms in total. The highest BCUT2D eigenvalue weighted by molar-refractivity contribution is 5.93. The summed E-state index contributed by atoms with van der Waals surface area (Å²) in [6.07, 6.45) is 13.1. The van der Waals surface area contributed by atoms with Gasteiger partial charge in [-0.05, 0) is 0 Å². The van der Waals surface area contributed by atoms with E-state index in [4.69, 9.17) is 11.1 Å². The minimum atomic E-state index is -0.282. The summed E-state index contributed by atoms with van der Waals surface area (Å²) in [5.41, 5.74) is 5.02. The monoisotopic (exact) mass is 225 g/mol. The first-order valence-corrected chi connectivity index (χ1v) is 6.76. The van der Waals surface area contributed by atoms with Crippen LogP contribution >= 0.6 is 0 Å². The highest BCUT2D eigenvalue weighted by Crippen LogP contribution is 2.10. The van der Waals surface area contributed by atoms with Crippen LogP contribution in [0.4, 0.5) is 0 Å². The number of nitrogens with two attached hydrogens (primary N) is 1. The summed E-state index contributed by atoms with van der Waals surface area (Å²) < 4.78 is 0. The van der Waals surface area contributed by atoms with Gasteiger partial charge in [0.2, 0.25) is 0 Å². The number of rotatable bonds is 11. The third-order valence-electron chi connectivity index (χ3n) is 2.79. The number of hydrogen-bond donors (Lipinski definition) is 1. The predicted octanol–water partition coefficient (Wildman–Crippen LogP) is 4.17. The SMILES string of the molecule is CCCCCCCCCCCC[N-]C(=[N-])N. The van der Waals surface area contributed by atoms with Crippen LogP contribution in [0.25, 0.3) is 10.7 Å². The van der Waals surface area contributed by atoms with Crippen LogP contribution in [0.2, 0.25) is 0 Å². The van der Waals surface area contributed by atoms with Crippen LogP contribution in [-0.4, -0.2) is 12.5 Å². The maximum absolute atomic E-state index is 8.62. The molecule has 0 atom stereocenters. The molecule has 0 bridgehead atoms. The largest absolute Gasteiger partial charge is 0.594 e. The summed E-state index contributed by atoms with van der Waals surface area (Å²) in [6.45, 7) is 2.92. The maximum atomic E-state index is 8.62. The van der Waals surface area contributed by atoms with Gasteiger partial charge in [-0.15, -0.1) is 0 Å². The van der Waals surface area contributed by atoms with Gasteiger partial charge in [0.15, 0.2) is 0 Å². The van der Waals surface area contributed by atoms with E-state index in [9.17, 15) is 0 Å². The molecule has 0 rings (SSSR count). The molecule has 0 aliphatic heterocycles. The molecule has 0 saturated heterocycles. The smallest absolute Gasteiger partial charge is 0.0533 e. The van der Waals surface area contributed by atoms with Crippen LogP contribution in [-0.2, 0) is 0 Å². The molecular formula is C13H27N3-2. The van der Waals surface area contributed by atoms with Crippen LogP contribution in [0.15, 0.2) is 0 Å². The predicted molar refractivity (Wildman–Crippen MR) is 72.6 cm³/mol. The van der Waals surface area contributed by atoms with Gasteiger partial charge in [-0.1, -0.05) is 77.7 Å². The zero-order valence-corrected chi connectivity index (χ0v) is 10.7. The number of hydrogen-bond acceptors (Lipinski definition) is 0. The molecule has 0 amide bonds. The molecule has 96 valence electrons. The Hall–Kier alpha value is -0.730. The van der Waals surface area contributed by atoms with Crippen molar-refractivity contribution in [1.82, 2.24) is 0 Å². The van der Waals surface area contributed by atoms with Gasteiger partial charge >= 0.3 is 0 Å². The highest BCUT2D eigenvalue weighted by Gasteiger charge is 1.91. The summed E-state index contributed by atoms with van der Waals surface area (Å²) in [4.78, 5) is 0. The third kappa shape index (κ3) is 13.3. The fraction of sp³-hybridized carbons (Fsp3) is 0.923. The first-order valence-electron chi connectivity index (χ1n) is 6.76. The molecule has 0 aliphatic carbocycles. The van der Waals surface area contributed by atoms with E-state index in [1.807, 2.05) is 0 Å². The van der Waals surface area contributed by atoms with Crippen LogP contribution < -0.4 is 5.73 Å². The first-order chi connectivity index (χ1) is 7.77. The normalized spacial score (nSPS) is 10.3. The number of guanidine groups is 1. The fourth-order valence-electron chi connectivity index (χ4n) is 1.79. The summed E-state index contributed by atoms with van der Waals surface area (Å²) in [6, 6.07) is 0. The van der Waals surface area contributed by atoms with Gasteiger partial charge in [0.25, 0.3) is 0 Å². The van der Waals surface area contributed by atoms with Crippen molar-refractivity contribution in [2.24, 2.45) is 5.73 Å². The molecule has 0 fully saturated rings. The van der Waals surface area contributed by atoms with Crippen LogP contribution in [0.1, 0.15) is 71.1 Å². The third-order valence-corrected chi connectivity index (χ3v) is 2.79. The van der Waals surface area contributed by atoms with Gasteiger partial charge in [0.1, 0.15) is 0 Å². The number of unbranched alkanes of at least 4 members (excludes halogenated alkanes) is 9. The van der Waals surface area contributed by atoms with Crippen molar-refractivity contribution in [3.63, 3.8) is 0 Å². The molecule has 0 radical (unpaired) electrons. The standard InChI is InChI=1S/C13H27N3/c1-2-3-4-5-6-7-8-9-10-11-12-16-13(14)15/h2-12H2,1H3,(H2-2,14,15,16)/q-2. The summed E-state index contributed by atoms with van der Waals surface area (Å²) in [5, 5.41) is 12.4. The first kappa shape index (κ1) is 15.3. The van der Waals surface area contributed by atoms with Gasteiger partial charge in [-0.25, -0.2) is 0 Å². The highest BCUT2D eigenvalue weighted by atomic mass is 15.0. The molecule has 0 aromatic heterocycles. The van der Waals surface area contributed by atoms with Gasteiger partial charge in [0, 0.05) is 0 Å². The van der Waals surface area contributed by atoms with E-state index in [1.54, 1.807) is 0 Å². The molecular weight excluding hydrogens is 198 g/mol. The van der Waals surface area contributed by atoms with Crippen molar-refractivity contribution in [2.75, 3.05) is 6.54 Å². The Labute approximate surface area is 101 Å². The van der Waals surface area contributed by atoms with E-state index >= 15 is 0 Å². The molecule has 0 heterocycles. The average molecular weight is 225 g/mol. The van der Waals surface area contributed by atoms with E-state index < -0.39 is 0 Å². The Morgan fingerprint density at radius 1 is 0.875 bits per heavy atom. The zero-order chi connectivity index (χ0) is 12.1. The summed E-state index contributed by atoms with van der Waals surface area (Å²) in [5.74, 6) is -0.282. The van der Waals surface area contributed by atoms with Gasteiger partial charge in [-0.3, -0.25) is 0 Å².